The molecule has 1 aromatic heterocycles. The topological polar surface area (TPSA) is 81.1 Å². The molecule has 2 aromatic rings. The molecule has 0 saturated carbocycles. The summed E-state index contributed by atoms with van der Waals surface area (Å²) in [5.41, 5.74) is 7.30. The molecular weight excluding hydrogens is 266 g/mol. The molecule has 0 bridgehead atoms. The lowest BCUT2D eigenvalue weighted by Gasteiger charge is -2.28. The number of benzene rings is 1. The van der Waals surface area contributed by atoms with Crippen molar-refractivity contribution in [3.05, 3.63) is 53.3 Å². The molecule has 0 aliphatic rings. The van der Waals surface area contributed by atoms with Gasteiger partial charge in [-0.1, -0.05) is 37.3 Å². The van der Waals surface area contributed by atoms with Gasteiger partial charge in [0.25, 0.3) is 0 Å². The predicted molar refractivity (Wildman–Crippen MR) is 81.1 cm³/mol. The predicted octanol–water partition coefficient (Wildman–Crippen LogP) is 1.51. The van der Waals surface area contributed by atoms with Gasteiger partial charge >= 0.3 is 5.97 Å². The molecule has 0 spiro atoms. The SMILES string of the molecule is CCc1cc(CC(CN)(C(=O)O)c2ccccc2)n(C)n1. The van der Waals surface area contributed by atoms with Gasteiger partial charge in [0.2, 0.25) is 0 Å². The van der Waals surface area contributed by atoms with Crippen LogP contribution in [-0.4, -0.2) is 27.4 Å². The van der Waals surface area contributed by atoms with Crippen LogP contribution in [-0.2, 0) is 30.1 Å². The summed E-state index contributed by atoms with van der Waals surface area (Å²) in [4.78, 5) is 11.9. The van der Waals surface area contributed by atoms with E-state index in [1.165, 1.54) is 0 Å². The molecule has 0 radical (unpaired) electrons. The summed E-state index contributed by atoms with van der Waals surface area (Å²) >= 11 is 0. The van der Waals surface area contributed by atoms with Crippen LogP contribution in [0, 0.1) is 0 Å². The van der Waals surface area contributed by atoms with Crippen molar-refractivity contribution >= 4 is 5.97 Å². The molecule has 5 heteroatoms. The zero-order chi connectivity index (χ0) is 15.5. The van der Waals surface area contributed by atoms with Crippen molar-refractivity contribution in [3.8, 4) is 0 Å². The molecule has 1 aromatic carbocycles. The Labute approximate surface area is 124 Å². The van der Waals surface area contributed by atoms with Crippen molar-refractivity contribution < 1.29 is 9.90 Å². The Bertz CT molecular complexity index is 622. The van der Waals surface area contributed by atoms with E-state index in [1.807, 2.05) is 50.4 Å². The van der Waals surface area contributed by atoms with Crippen LogP contribution in [0.25, 0.3) is 0 Å². The Morgan fingerprint density at radius 1 is 1.38 bits per heavy atom. The number of aliphatic carboxylic acids is 1. The highest BCUT2D eigenvalue weighted by atomic mass is 16.4. The molecule has 112 valence electrons. The molecular formula is C16H21N3O2. The van der Waals surface area contributed by atoms with Gasteiger partial charge in [-0.2, -0.15) is 5.10 Å². The summed E-state index contributed by atoms with van der Waals surface area (Å²) < 4.78 is 1.75. The van der Waals surface area contributed by atoms with Gasteiger partial charge in [-0.05, 0) is 18.1 Å². The Balaban J connectivity index is 2.46. The van der Waals surface area contributed by atoms with Crippen LogP contribution < -0.4 is 5.73 Å². The van der Waals surface area contributed by atoms with E-state index in [0.29, 0.717) is 6.42 Å². The third-order valence-corrected chi connectivity index (χ3v) is 3.96. The van der Waals surface area contributed by atoms with Crippen molar-refractivity contribution in [2.75, 3.05) is 6.54 Å². The molecule has 3 N–H and O–H groups in total. The quantitative estimate of drug-likeness (QED) is 0.843. The van der Waals surface area contributed by atoms with Crippen LogP contribution in [0.1, 0.15) is 23.9 Å². The van der Waals surface area contributed by atoms with Gasteiger partial charge in [-0.25, -0.2) is 0 Å². The van der Waals surface area contributed by atoms with Crippen LogP contribution in [0.4, 0.5) is 0 Å². The normalized spacial score (nSPS) is 13.9. The van der Waals surface area contributed by atoms with E-state index in [1.54, 1.807) is 4.68 Å². The fourth-order valence-electron chi connectivity index (χ4n) is 2.55. The number of carbonyl (C=O) groups is 1. The highest BCUT2D eigenvalue weighted by Crippen LogP contribution is 2.28. The van der Waals surface area contributed by atoms with Gasteiger partial charge in [-0.15, -0.1) is 0 Å². The van der Waals surface area contributed by atoms with Crippen LogP contribution in [0.15, 0.2) is 36.4 Å². The van der Waals surface area contributed by atoms with E-state index in [0.717, 1.165) is 23.4 Å². The Morgan fingerprint density at radius 2 is 2.05 bits per heavy atom. The van der Waals surface area contributed by atoms with Gasteiger partial charge < -0.3 is 10.8 Å². The summed E-state index contributed by atoms with van der Waals surface area (Å²) in [6.45, 7) is 2.07. The number of nitrogens with zero attached hydrogens (tertiary/aromatic N) is 2. The lowest BCUT2D eigenvalue weighted by atomic mass is 9.76. The Kier molecular flexibility index (Phi) is 4.43. The van der Waals surface area contributed by atoms with Crippen LogP contribution in [0.5, 0.6) is 0 Å². The van der Waals surface area contributed by atoms with Crippen molar-refractivity contribution in [1.29, 1.82) is 0 Å². The number of nitrogens with two attached hydrogens (primary N) is 1. The molecule has 0 fully saturated rings. The molecule has 2 rings (SSSR count). The van der Waals surface area contributed by atoms with Gasteiger partial charge in [0.05, 0.1) is 5.69 Å². The molecule has 0 amide bonds. The number of aromatic nitrogens is 2. The van der Waals surface area contributed by atoms with E-state index in [2.05, 4.69) is 5.10 Å². The van der Waals surface area contributed by atoms with Crippen LogP contribution in [0.3, 0.4) is 0 Å². The van der Waals surface area contributed by atoms with Crippen molar-refractivity contribution in [2.45, 2.75) is 25.2 Å². The second-order valence-corrected chi connectivity index (χ2v) is 5.24. The zero-order valence-electron chi connectivity index (χ0n) is 12.4. The Hall–Kier alpha value is -2.14. The van der Waals surface area contributed by atoms with Crippen molar-refractivity contribution in [3.63, 3.8) is 0 Å². The smallest absolute Gasteiger partial charge is 0.315 e. The lowest BCUT2D eigenvalue weighted by molar-refractivity contribution is -0.143. The molecule has 0 saturated heterocycles. The summed E-state index contributed by atoms with van der Waals surface area (Å²) in [6.07, 6.45) is 1.15. The van der Waals surface area contributed by atoms with E-state index in [-0.39, 0.29) is 6.54 Å². The molecule has 21 heavy (non-hydrogen) atoms. The summed E-state index contributed by atoms with van der Waals surface area (Å²) in [5, 5.41) is 14.2. The Morgan fingerprint density at radius 3 is 2.52 bits per heavy atom. The minimum absolute atomic E-state index is 0.0407. The fraction of sp³-hybridized carbons (Fsp3) is 0.375. The van der Waals surface area contributed by atoms with Gasteiger partial charge in [0, 0.05) is 25.7 Å². The highest BCUT2D eigenvalue weighted by molar-refractivity contribution is 5.82. The number of carboxylic acids is 1. The van der Waals surface area contributed by atoms with Crippen molar-refractivity contribution in [1.82, 2.24) is 9.78 Å². The summed E-state index contributed by atoms with van der Waals surface area (Å²) in [7, 11) is 1.84. The summed E-state index contributed by atoms with van der Waals surface area (Å²) in [5.74, 6) is -0.907. The largest absolute Gasteiger partial charge is 0.481 e. The lowest BCUT2D eigenvalue weighted by Crippen LogP contribution is -2.45. The van der Waals surface area contributed by atoms with Crippen molar-refractivity contribution in [2.24, 2.45) is 12.8 Å². The van der Waals surface area contributed by atoms with E-state index in [4.69, 9.17) is 5.73 Å². The minimum atomic E-state index is -1.12. The monoisotopic (exact) mass is 287 g/mol. The zero-order valence-corrected chi connectivity index (χ0v) is 12.4. The number of aryl methyl sites for hydroxylation is 2. The first-order valence-electron chi connectivity index (χ1n) is 7.04. The van der Waals surface area contributed by atoms with E-state index in [9.17, 15) is 9.90 Å². The van der Waals surface area contributed by atoms with Crippen LogP contribution >= 0.6 is 0 Å². The second-order valence-electron chi connectivity index (χ2n) is 5.24. The number of rotatable bonds is 6. The second kappa shape index (κ2) is 6.10. The number of hydrogen-bond donors (Lipinski definition) is 2. The fourth-order valence-corrected chi connectivity index (χ4v) is 2.55. The third kappa shape index (κ3) is 2.83. The maximum atomic E-state index is 11.9. The average molecular weight is 287 g/mol. The first kappa shape index (κ1) is 15.3. The standard InChI is InChI=1S/C16H21N3O2/c1-3-13-9-14(19(2)18-13)10-16(11-17,15(20)21)12-7-5-4-6-8-12/h4-9H,3,10-11,17H2,1-2H3,(H,20,21). The first-order chi connectivity index (χ1) is 10.0. The maximum Gasteiger partial charge on any atom is 0.315 e. The average Bonchev–Trinajstić information content (AvgIpc) is 2.85. The van der Waals surface area contributed by atoms with Crippen LogP contribution in [0.2, 0.25) is 0 Å². The van der Waals surface area contributed by atoms with Gasteiger partial charge in [-0.3, -0.25) is 9.48 Å². The summed E-state index contributed by atoms with van der Waals surface area (Å²) in [6, 6.07) is 11.1. The van der Waals surface area contributed by atoms with E-state index < -0.39 is 11.4 Å². The molecule has 1 unspecified atom stereocenters. The van der Waals surface area contributed by atoms with Gasteiger partial charge in [0.15, 0.2) is 0 Å². The molecule has 0 aliphatic heterocycles. The molecule has 1 atom stereocenters. The third-order valence-electron chi connectivity index (χ3n) is 3.96. The highest BCUT2D eigenvalue weighted by Gasteiger charge is 2.40. The number of hydrogen-bond acceptors (Lipinski definition) is 3. The molecule has 1 heterocycles. The van der Waals surface area contributed by atoms with Gasteiger partial charge in [0.1, 0.15) is 5.41 Å². The molecule has 0 aliphatic carbocycles. The number of carboxylic acid groups (broad SMARTS) is 1. The maximum absolute atomic E-state index is 11.9. The van der Waals surface area contributed by atoms with E-state index >= 15 is 0 Å². The minimum Gasteiger partial charge on any atom is -0.481 e. The first-order valence-corrected chi connectivity index (χ1v) is 7.04. The molecule has 5 nitrogen and oxygen atoms in total.